The summed E-state index contributed by atoms with van der Waals surface area (Å²) in [6.45, 7) is 0. The molecule has 0 unspecified atom stereocenters. The third kappa shape index (κ3) is 6.53. The molecule has 0 bridgehead atoms. The van der Waals surface area contributed by atoms with Crippen LogP contribution in [0.5, 0.6) is 0 Å². The summed E-state index contributed by atoms with van der Waals surface area (Å²) in [4.78, 5) is 0. The molecule has 0 radical (unpaired) electrons. The van der Waals surface area contributed by atoms with Gasteiger partial charge in [0.25, 0.3) is 0 Å². The summed E-state index contributed by atoms with van der Waals surface area (Å²) in [5.74, 6) is 0. The monoisotopic (exact) mass is 988 g/mol. The fourth-order valence-electron chi connectivity index (χ4n) is 12.4. The third-order valence-corrected chi connectivity index (χ3v) is 18.0. The van der Waals surface area contributed by atoms with E-state index in [1.807, 2.05) is 0 Å². The summed E-state index contributed by atoms with van der Waals surface area (Å²) >= 11 is 0.102. The van der Waals surface area contributed by atoms with Gasteiger partial charge in [-0.1, -0.05) is 54.6 Å². The topological polar surface area (TPSA) is 0 Å². The van der Waals surface area contributed by atoms with Crippen LogP contribution in [0.3, 0.4) is 0 Å². The van der Waals surface area contributed by atoms with Gasteiger partial charge in [-0.15, -0.1) is 0 Å². The van der Waals surface area contributed by atoms with Gasteiger partial charge in [0.15, 0.2) is 0 Å². The van der Waals surface area contributed by atoms with E-state index in [4.69, 9.17) is 0 Å². The van der Waals surface area contributed by atoms with E-state index in [1.165, 1.54) is 151 Å². The number of hydrogen-bond acceptors (Lipinski definition) is 0. The molecule has 15 aromatic rings. The van der Waals surface area contributed by atoms with Gasteiger partial charge in [-0.25, -0.2) is 0 Å². The van der Waals surface area contributed by atoms with Crippen molar-refractivity contribution in [2.75, 3.05) is 0 Å². The number of rotatable bonds is 6. The van der Waals surface area contributed by atoms with Gasteiger partial charge in [0.1, 0.15) is 0 Å². The SMILES string of the molecule is c1ccc(-c2ccc(-c3c4ccccc4c(-c4ccc5[se]c6c(-c7c8ccccc8c(-c8ccc(-c9ccccc9)c9ccccc89)c8ccccc78)cccc6c5c4)c4ccccc34)c3ccccc23)cc1. The second-order valence-electron chi connectivity index (χ2n) is 19.3. The predicted molar refractivity (Wildman–Crippen MR) is 316 cm³/mol. The van der Waals surface area contributed by atoms with E-state index in [-0.39, 0.29) is 14.5 Å². The molecule has 0 amide bonds. The third-order valence-electron chi connectivity index (χ3n) is 15.5. The van der Waals surface area contributed by atoms with Crippen LogP contribution in [0, 0.1) is 0 Å². The molecule has 0 saturated carbocycles. The fraction of sp³-hybridized carbons (Fsp3) is 0. The molecule has 1 heterocycles. The van der Waals surface area contributed by atoms with Gasteiger partial charge in [-0.2, -0.15) is 0 Å². The van der Waals surface area contributed by atoms with E-state index in [0.29, 0.717) is 0 Å². The molecule has 0 atom stereocenters. The van der Waals surface area contributed by atoms with Gasteiger partial charge < -0.3 is 0 Å². The van der Waals surface area contributed by atoms with Crippen molar-refractivity contribution in [2.45, 2.75) is 0 Å². The van der Waals surface area contributed by atoms with Crippen LogP contribution in [0.4, 0.5) is 0 Å². The molecule has 14 aromatic carbocycles. The Morgan fingerprint density at radius 2 is 0.507 bits per heavy atom. The molecule has 338 valence electrons. The summed E-state index contributed by atoms with van der Waals surface area (Å²) in [5.41, 5.74) is 15.3. The number of hydrogen-bond donors (Lipinski definition) is 0. The van der Waals surface area contributed by atoms with Crippen molar-refractivity contribution in [3.63, 3.8) is 0 Å². The molecule has 15 rings (SSSR count). The van der Waals surface area contributed by atoms with Crippen LogP contribution in [0.15, 0.2) is 267 Å². The van der Waals surface area contributed by atoms with Crippen LogP contribution in [-0.4, -0.2) is 14.5 Å². The first kappa shape index (κ1) is 41.9. The molecule has 1 heteroatoms. The Bertz CT molecular complexity index is 4600. The van der Waals surface area contributed by atoms with Gasteiger partial charge in [0.2, 0.25) is 0 Å². The van der Waals surface area contributed by atoms with Crippen LogP contribution in [0.2, 0.25) is 0 Å². The fourth-order valence-corrected chi connectivity index (χ4v) is 14.9. The zero-order valence-corrected chi connectivity index (χ0v) is 41.5. The number of fused-ring (bicyclic) bond motifs is 9. The van der Waals surface area contributed by atoms with E-state index in [2.05, 4.69) is 267 Å². The molecule has 0 nitrogen and oxygen atoms in total. The Morgan fingerprint density at radius 1 is 0.178 bits per heavy atom. The van der Waals surface area contributed by atoms with Crippen molar-refractivity contribution in [1.82, 2.24) is 0 Å². The minimum Gasteiger partial charge on any atom is -0.0617 e. The van der Waals surface area contributed by atoms with Crippen LogP contribution < -0.4 is 0 Å². The second kappa shape index (κ2) is 16.9. The molecule has 0 aliphatic carbocycles. The Labute approximate surface area is 429 Å². The van der Waals surface area contributed by atoms with Gasteiger partial charge in [-0.3, -0.25) is 0 Å². The zero-order valence-electron chi connectivity index (χ0n) is 39.8. The standard InChI is InChI=1S/C72H44Se/c1-3-20-45(21-4-1)48-39-41-62(52-26-9-7-24-50(48)52)69-56-30-13-11-28-54(56)68(55-29-12-14-31-57(55)69)47-38-43-67-66(44-47)64-36-19-37-65(72(64)73-67)71-60-34-17-15-32-58(60)70(59-33-16-18-35-61(59)71)63-42-40-49(46-22-5-2-6-23-46)51-25-8-10-27-53(51)63/h1-44H. The Morgan fingerprint density at radius 3 is 0.932 bits per heavy atom. The average Bonchev–Trinajstić information content (AvgIpc) is 3.84. The summed E-state index contributed by atoms with van der Waals surface area (Å²) < 4.78 is 2.89. The Balaban J connectivity index is 0.928. The molecule has 0 saturated heterocycles. The van der Waals surface area contributed by atoms with Gasteiger partial charge in [0, 0.05) is 0 Å². The van der Waals surface area contributed by atoms with E-state index in [1.54, 1.807) is 0 Å². The molecule has 0 spiro atoms. The van der Waals surface area contributed by atoms with Gasteiger partial charge in [0.05, 0.1) is 0 Å². The molecule has 0 fully saturated rings. The normalized spacial score (nSPS) is 11.8. The second-order valence-corrected chi connectivity index (χ2v) is 21.5. The molecular weight excluding hydrogens is 944 g/mol. The zero-order chi connectivity index (χ0) is 48.0. The summed E-state index contributed by atoms with van der Waals surface area (Å²) in [7, 11) is 0. The van der Waals surface area contributed by atoms with Crippen molar-refractivity contribution in [3.8, 4) is 66.8 Å². The van der Waals surface area contributed by atoms with Crippen molar-refractivity contribution in [2.24, 2.45) is 0 Å². The summed E-state index contributed by atoms with van der Waals surface area (Å²) in [6, 6.07) is 99.7. The summed E-state index contributed by atoms with van der Waals surface area (Å²) in [5, 5.41) is 18.0. The largest absolute Gasteiger partial charge is 0.0617 e. The van der Waals surface area contributed by atoms with Crippen molar-refractivity contribution < 1.29 is 0 Å². The minimum absolute atomic E-state index is 0.102. The first-order chi connectivity index (χ1) is 36.3. The molecule has 0 aliphatic heterocycles. The Kier molecular flexibility index (Phi) is 9.70. The smallest absolute Gasteiger partial charge is 0.0544 e. The van der Waals surface area contributed by atoms with Crippen LogP contribution in [0.1, 0.15) is 0 Å². The van der Waals surface area contributed by atoms with Crippen molar-refractivity contribution in [1.29, 1.82) is 0 Å². The minimum atomic E-state index is 0.102. The average molecular weight is 988 g/mol. The maximum Gasteiger partial charge on any atom is -0.0544 e. The maximum absolute atomic E-state index is 2.51. The van der Waals surface area contributed by atoms with Crippen LogP contribution >= 0.6 is 0 Å². The van der Waals surface area contributed by atoms with Crippen molar-refractivity contribution >= 4 is 98.4 Å². The van der Waals surface area contributed by atoms with E-state index in [9.17, 15) is 0 Å². The number of benzene rings is 14. The first-order valence-corrected chi connectivity index (χ1v) is 27.0. The summed E-state index contributed by atoms with van der Waals surface area (Å²) in [6.07, 6.45) is 0. The maximum atomic E-state index is 2.51. The quantitative estimate of drug-likeness (QED) is 0.115. The van der Waals surface area contributed by atoms with Gasteiger partial charge in [-0.05, 0) is 5.56 Å². The molecule has 0 N–H and O–H groups in total. The van der Waals surface area contributed by atoms with E-state index in [0.717, 1.165) is 0 Å². The van der Waals surface area contributed by atoms with Crippen LogP contribution in [0.25, 0.3) is 151 Å². The predicted octanol–water partition coefficient (Wildman–Crippen LogP) is 20.0. The van der Waals surface area contributed by atoms with Crippen LogP contribution in [-0.2, 0) is 0 Å². The Hall–Kier alpha value is -8.84. The molecular formula is C72H44Se. The molecule has 1 aromatic heterocycles. The molecule has 73 heavy (non-hydrogen) atoms. The van der Waals surface area contributed by atoms with Crippen molar-refractivity contribution in [3.05, 3.63) is 267 Å². The molecule has 0 aliphatic rings. The van der Waals surface area contributed by atoms with E-state index >= 15 is 0 Å². The van der Waals surface area contributed by atoms with Gasteiger partial charge >= 0.3 is 372 Å². The van der Waals surface area contributed by atoms with E-state index < -0.39 is 0 Å². The first-order valence-electron chi connectivity index (χ1n) is 25.2.